The number of fused-ring (bicyclic) bond motifs is 2. The standard InChI is InChI=1S/C32H46N6O7S/c1-2-21-19-32(21)30(41)37-46(43,44)27-16-10-9-14-24(27)34-17-11-5-3-4-6-15-25(35-31(42)45-23-12-7-8-13-23)29(40)38-20-22(33)18-26(38)28(39)36-32/h2,9-10,14,16,21-23,25-26,34H,1,3-8,11-13,15,17-20,33H2,(H,35,42)(H,36,39)(H,37,41)/t21-,22-,25+,26+,32-/m1/s1. The predicted molar refractivity (Wildman–Crippen MR) is 171 cm³/mol. The molecule has 1 saturated heterocycles. The van der Waals surface area contributed by atoms with E-state index in [9.17, 15) is 27.6 Å². The van der Waals surface area contributed by atoms with Gasteiger partial charge < -0.3 is 31.3 Å². The van der Waals surface area contributed by atoms with Gasteiger partial charge in [0.2, 0.25) is 11.8 Å². The Bertz CT molecular complexity index is 1430. The number of alkyl carbamates (subject to hydrolysis) is 1. The van der Waals surface area contributed by atoms with Crippen molar-refractivity contribution in [2.75, 3.05) is 18.4 Å². The van der Waals surface area contributed by atoms with Crippen LogP contribution < -0.4 is 26.4 Å². The number of carbonyl (C=O) groups excluding carboxylic acids is 4. The van der Waals surface area contributed by atoms with E-state index in [0.29, 0.717) is 25.1 Å². The first-order valence-corrected chi connectivity index (χ1v) is 17.9. The number of hydrogen-bond donors (Lipinski definition) is 5. The second kappa shape index (κ2) is 14.4. The fourth-order valence-electron chi connectivity index (χ4n) is 6.83. The van der Waals surface area contributed by atoms with Gasteiger partial charge in [0.15, 0.2) is 0 Å². The van der Waals surface area contributed by atoms with Crippen molar-refractivity contribution >= 4 is 39.5 Å². The van der Waals surface area contributed by atoms with E-state index in [2.05, 4.69) is 27.3 Å². The highest BCUT2D eigenvalue weighted by atomic mass is 32.2. The number of rotatable bonds is 3. The summed E-state index contributed by atoms with van der Waals surface area (Å²) in [6.45, 7) is 4.37. The molecular weight excluding hydrogens is 612 g/mol. The lowest BCUT2D eigenvalue weighted by molar-refractivity contribution is -0.141. The second-order valence-corrected chi connectivity index (χ2v) is 14.6. The quantitative estimate of drug-likeness (QED) is 0.304. The van der Waals surface area contributed by atoms with Gasteiger partial charge in [-0.25, -0.2) is 17.9 Å². The molecule has 13 nitrogen and oxygen atoms in total. The number of nitrogens with two attached hydrogens (primary N) is 1. The lowest BCUT2D eigenvalue weighted by atomic mass is 10.0. The van der Waals surface area contributed by atoms with Crippen molar-refractivity contribution < 1.29 is 32.3 Å². The van der Waals surface area contributed by atoms with Crippen LogP contribution in [0.2, 0.25) is 0 Å². The summed E-state index contributed by atoms with van der Waals surface area (Å²) < 4.78 is 34.7. The molecule has 252 valence electrons. The van der Waals surface area contributed by atoms with Crippen molar-refractivity contribution in [2.45, 2.75) is 112 Å². The van der Waals surface area contributed by atoms with E-state index in [0.717, 1.165) is 51.4 Å². The number of sulfonamides is 1. The molecule has 0 radical (unpaired) electrons. The molecular formula is C32H46N6O7S. The largest absolute Gasteiger partial charge is 0.446 e. The summed E-state index contributed by atoms with van der Waals surface area (Å²) in [4.78, 5) is 55.5. The van der Waals surface area contributed by atoms with Gasteiger partial charge in [0.25, 0.3) is 15.9 Å². The van der Waals surface area contributed by atoms with Crippen molar-refractivity contribution in [1.29, 1.82) is 0 Å². The van der Waals surface area contributed by atoms with E-state index in [1.54, 1.807) is 18.2 Å². The van der Waals surface area contributed by atoms with Crippen LogP contribution in [-0.4, -0.2) is 80.0 Å². The third kappa shape index (κ3) is 7.65. The van der Waals surface area contributed by atoms with Crippen LogP contribution in [-0.2, 0) is 29.1 Å². The van der Waals surface area contributed by atoms with Crippen LogP contribution in [0.5, 0.6) is 0 Å². The van der Waals surface area contributed by atoms with Crippen molar-refractivity contribution in [3.8, 4) is 0 Å². The molecule has 0 bridgehead atoms. The highest BCUT2D eigenvalue weighted by Gasteiger charge is 2.61. The zero-order chi connectivity index (χ0) is 32.9. The molecule has 4 aliphatic rings. The van der Waals surface area contributed by atoms with Gasteiger partial charge in [0.1, 0.15) is 28.6 Å². The number of carbonyl (C=O) groups is 4. The van der Waals surface area contributed by atoms with Gasteiger partial charge in [0, 0.05) is 25.0 Å². The number of ether oxygens (including phenoxy) is 1. The maximum Gasteiger partial charge on any atom is 0.408 e. The molecule has 3 fully saturated rings. The summed E-state index contributed by atoms with van der Waals surface area (Å²) in [5.74, 6) is -2.47. The number of benzene rings is 1. The molecule has 2 aliphatic carbocycles. The molecule has 0 unspecified atom stereocenters. The van der Waals surface area contributed by atoms with E-state index >= 15 is 0 Å². The molecule has 0 aromatic heterocycles. The first-order valence-electron chi connectivity index (χ1n) is 16.4. The maximum atomic E-state index is 14.0. The number of nitrogens with one attached hydrogen (secondary N) is 4. The Balaban J connectivity index is 1.39. The van der Waals surface area contributed by atoms with Gasteiger partial charge >= 0.3 is 6.09 Å². The van der Waals surface area contributed by atoms with E-state index < -0.39 is 63.4 Å². The Hall–Kier alpha value is -3.65. The number of nitrogens with zero attached hydrogens (tertiary/aromatic N) is 1. The van der Waals surface area contributed by atoms with E-state index in [-0.39, 0.29) is 30.4 Å². The number of anilines is 1. The van der Waals surface area contributed by atoms with E-state index in [4.69, 9.17) is 10.5 Å². The van der Waals surface area contributed by atoms with Crippen molar-refractivity contribution in [1.82, 2.24) is 20.3 Å². The number of para-hydroxylation sites is 1. The lowest BCUT2D eigenvalue weighted by Gasteiger charge is -2.30. The molecule has 46 heavy (non-hydrogen) atoms. The van der Waals surface area contributed by atoms with E-state index in [1.165, 1.54) is 17.0 Å². The highest BCUT2D eigenvalue weighted by molar-refractivity contribution is 7.90. The lowest BCUT2D eigenvalue weighted by Crippen LogP contribution is -2.58. The van der Waals surface area contributed by atoms with Crippen LogP contribution in [0.4, 0.5) is 10.5 Å². The second-order valence-electron chi connectivity index (χ2n) is 12.9. The molecule has 2 heterocycles. The molecule has 2 saturated carbocycles. The monoisotopic (exact) mass is 658 g/mol. The molecule has 5 rings (SSSR count). The number of hydrogen-bond acceptors (Lipinski definition) is 9. The normalized spacial score (nSPS) is 31.1. The van der Waals surface area contributed by atoms with Crippen molar-refractivity contribution in [3.63, 3.8) is 0 Å². The molecule has 14 heteroatoms. The van der Waals surface area contributed by atoms with Crippen LogP contribution in [0.3, 0.4) is 0 Å². The van der Waals surface area contributed by atoms with Crippen LogP contribution in [0.15, 0.2) is 41.8 Å². The Kier molecular flexibility index (Phi) is 10.6. The van der Waals surface area contributed by atoms with Gasteiger partial charge in [-0.15, -0.1) is 6.58 Å². The first-order chi connectivity index (χ1) is 22.0. The average molecular weight is 659 g/mol. The first kappa shape index (κ1) is 33.7. The van der Waals surface area contributed by atoms with Crippen molar-refractivity contribution in [2.24, 2.45) is 11.7 Å². The fraction of sp³-hybridized carbons (Fsp3) is 0.625. The molecule has 4 amide bonds. The van der Waals surface area contributed by atoms with Gasteiger partial charge in [0.05, 0.1) is 5.69 Å². The minimum Gasteiger partial charge on any atom is -0.446 e. The Morgan fingerprint density at radius 3 is 2.48 bits per heavy atom. The minimum absolute atomic E-state index is 0.0708. The topological polar surface area (TPSA) is 189 Å². The predicted octanol–water partition coefficient (Wildman–Crippen LogP) is 2.28. The molecule has 1 aromatic carbocycles. The Morgan fingerprint density at radius 2 is 1.74 bits per heavy atom. The molecule has 1 spiro atoms. The van der Waals surface area contributed by atoms with Crippen LogP contribution in [0.1, 0.15) is 77.0 Å². The smallest absolute Gasteiger partial charge is 0.408 e. The SMILES string of the molecule is C=C[C@@H]1C[C@@]12NC(=O)[C@@H]1C[C@@H](N)CN1C(=O)[C@@H](NC(=O)OC1CCCC1)CCCCCCCNc1ccccc1S(=O)(=O)NC2=O. The number of amides is 4. The summed E-state index contributed by atoms with van der Waals surface area (Å²) >= 11 is 0. The van der Waals surface area contributed by atoms with Crippen LogP contribution in [0.25, 0.3) is 0 Å². The van der Waals surface area contributed by atoms with Gasteiger partial charge in [-0.1, -0.05) is 43.9 Å². The van der Waals surface area contributed by atoms with Crippen LogP contribution >= 0.6 is 0 Å². The van der Waals surface area contributed by atoms with Gasteiger partial charge in [-0.05, 0) is 63.5 Å². The highest BCUT2D eigenvalue weighted by Crippen LogP contribution is 2.45. The summed E-state index contributed by atoms with van der Waals surface area (Å²) in [5.41, 5.74) is 5.07. The molecule has 5 atom stereocenters. The minimum atomic E-state index is -4.31. The summed E-state index contributed by atoms with van der Waals surface area (Å²) in [6, 6.07) is 3.93. The summed E-state index contributed by atoms with van der Waals surface area (Å²) in [5, 5.41) is 8.69. The molecule has 1 aromatic rings. The Labute approximate surface area is 270 Å². The van der Waals surface area contributed by atoms with Crippen molar-refractivity contribution in [3.05, 3.63) is 36.9 Å². The average Bonchev–Trinajstić information content (AvgIpc) is 3.28. The zero-order valence-electron chi connectivity index (χ0n) is 26.2. The van der Waals surface area contributed by atoms with Gasteiger partial charge in [-0.2, -0.15) is 0 Å². The molecule has 2 aliphatic heterocycles. The third-order valence-corrected chi connectivity index (χ3v) is 10.9. The molecule has 6 N–H and O–H groups in total. The summed E-state index contributed by atoms with van der Waals surface area (Å²) in [7, 11) is -4.31. The summed E-state index contributed by atoms with van der Waals surface area (Å²) in [6.07, 6.45) is 8.87. The fourth-order valence-corrected chi connectivity index (χ4v) is 8.05. The van der Waals surface area contributed by atoms with Gasteiger partial charge in [-0.3, -0.25) is 14.4 Å². The zero-order valence-corrected chi connectivity index (χ0v) is 27.0. The maximum absolute atomic E-state index is 14.0. The van der Waals surface area contributed by atoms with Crippen LogP contribution in [0, 0.1) is 5.92 Å². The third-order valence-electron chi connectivity index (χ3n) is 9.52. The Morgan fingerprint density at radius 1 is 1.04 bits per heavy atom. The van der Waals surface area contributed by atoms with E-state index in [1.807, 2.05) is 0 Å².